The summed E-state index contributed by atoms with van der Waals surface area (Å²) in [6.07, 6.45) is 1.47. The zero-order valence-corrected chi connectivity index (χ0v) is 13.3. The van der Waals surface area contributed by atoms with Gasteiger partial charge in [0.25, 0.3) is 0 Å². The monoisotopic (exact) mass is 328 g/mol. The Labute approximate surface area is 134 Å². The normalized spacial score (nSPS) is 28.6. The molecule has 3 heterocycles. The lowest BCUT2D eigenvalue weighted by molar-refractivity contribution is -0.117. The molecular weight excluding hydrogens is 311 g/mol. The van der Waals surface area contributed by atoms with E-state index < -0.39 is 0 Å². The summed E-state index contributed by atoms with van der Waals surface area (Å²) in [6, 6.07) is 1.99. The molecule has 2 N–H and O–H groups in total. The Morgan fingerprint density at radius 3 is 3.05 bits per heavy atom. The van der Waals surface area contributed by atoms with Crippen molar-refractivity contribution in [2.75, 3.05) is 31.5 Å². The number of amides is 1. The largest absolute Gasteiger partial charge is 0.316 e. The van der Waals surface area contributed by atoms with Crippen LogP contribution in [0.2, 0.25) is 10.0 Å². The molecule has 0 saturated carbocycles. The van der Waals surface area contributed by atoms with Crippen LogP contribution < -0.4 is 10.6 Å². The van der Waals surface area contributed by atoms with E-state index in [0.29, 0.717) is 40.3 Å². The zero-order chi connectivity index (χ0) is 15.0. The number of halogens is 2. The minimum absolute atomic E-state index is 0.0912. The van der Waals surface area contributed by atoms with E-state index >= 15 is 0 Å². The lowest BCUT2D eigenvalue weighted by Crippen LogP contribution is -2.39. The number of fused-ring (bicyclic) bond motifs is 1. The highest BCUT2D eigenvalue weighted by atomic mass is 35.5. The predicted molar refractivity (Wildman–Crippen MR) is 83.8 cm³/mol. The molecule has 0 radical (unpaired) electrons. The van der Waals surface area contributed by atoms with E-state index in [1.165, 1.54) is 6.20 Å². The van der Waals surface area contributed by atoms with Crippen molar-refractivity contribution in [3.63, 3.8) is 0 Å². The Bertz CT molecular complexity index is 554. The predicted octanol–water partition coefficient (Wildman–Crippen LogP) is 1.87. The maximum absolute atomic E-state index is 12.2. The molecule has 1 aromatic rings. The Morgan fingerprint density at radius 2 is 2.33 bits per heavy atom. The molecule has 0 spiro atoms. The van der Waals surface area contributed by atoms with Crippen LogP contribution >= 0.6 is 23.2 Å². The van der Waals surface area contributed by atoms with Crippen molar-refractivity contribution in [3.05, 3.63) is 22.3 Å². The first-order chi connectivity index (χ1) is 10.0. The van der Waals surface area contributed by atoms with Crippen molar-refractivity contribution in [3.8, 4) is 0 Å². The van der Waals surface area contributed by atoms with Gasteiger partial charge in [-0.1, -0.05) is 23.2 Å². The van der Waals surface area contributed by atoms with Gasteiger partial charge in [0.15, 0.2) is 5.82 Å². The van der Waals surface area contributed by atoms with E-state index in [1.54, 1.807) is 6.07 Å². The van der Waals surface area contributed by atoms with Crippen LogP contribution in [0.3, 0.4) is 0 Å². The second-order valence-corrected chi connectivity index (χ2v) is 6.63. The SMILES string of the molecule is CC1C2CNCC2CN1CC(=O)Nc1ncc(Cl)cc1Cl. The third-order valence-corrected chi connectivity index (χ3v) is 4.96. The van der Waals surface area contributed by atoms with Gasteiger partial charge in [0.1, 0.15) is 0 Å². The summed E-state index contributed by atoms with van der Waals surface area (Å²) in [5, 5.41) is 6.97. The number of carbonyl (C=O) groups is 1. The summed E-state index contributed by atoms with van der Waals surface area (Å²) >= 11 is 11.8. The second kappa shape index (κ2) is 6.08. The van der Waals surface area contributed by atoms with Gasteiger partial charge in [-0.3, -0.25) is 9.69 Å². The van der Waals surface area contributed by atoms with Gasteiger partial charge in [-0.05, 0) is 37.9 Å². The number of likely N-dealkylation sites (tertiary alicyclic amines) is 1. The molecule has 1 amide bonds. The van der Waals surface area contributed by atoms with E-state index in [0.717, 1.165) is 19.6 Å². The van der Waals surface area contributed by atoms with E-state index in [-0.39, 0.29) is 5.91 Å². The number of hydrogen-bond acceptors (Lipinski definition) is 4. The van der Waals surface area contributed by atoms with Crippen molar-refractivity contribution >= 4 is 34.9 Å². The lowest BCUT2D eigenvalue weighted by atomic mass is 9.95. The van der Waals surface area contributed by atoms with Crippen LogP contribution in [-0.4, -0.2) is 48.0 Å². The zero-order valence-electron chi connectivity index (χ0n) is 11.8. The molecule has 1 aromatic heterocycles. The van der Waals surface area contributed by atoms with Gasteiger partial charge in [-0.2, -0.15) is 0 Å². The third kappa shape index (κ3) is 3.16. The molecule has 0 aromatic carbocycles. The molecule has 3 rings (SSSR count). The molecule has 5 nitrogen and oxygen atoms in total. The van der Waals surface area contributed by atoms with Crippen molar-refractivity contribution in [2.24, 2.45) is 11.8 Å². The van der Waals surface area contributed by atoms with Crippen LogP contribution in [0.4, 0.5) is 5.82 Å². The molecule has 3 unspecified atom stereocenters. The molecule has 7 heteroatoms. The standard InChI is InChI=1S/C14H18Cl2N4O/c1-8-11-5-17-3-9(11)6-20(8)7-13(21)19-14-12(16)2-10(15)4-18-14/h2,4,8-9,11,17H,3,5-7H2,1H3,(H,18,19,21). The van der Waals surface area contributed by atoms with Crippen LogP contribution in [0, 0.1) is 11.8 Å². The van der Waals surface area contributed by atoms with E-state index in [2.05, 4.69) is 27.4 Å². The molecule has 2 saturated heterocycles. The van der Waals surface area contributed by atoms with Gasteiger partial charge in [0, 0.05) is 18.8 Å². The maximum Gasteiger partial charge on any atom is 0.239 e. The minimum Gasteiger partial charge on any atom is -0.316 e. The Morgan fingerprint density at radius 1 is 1.52 bits per heavy atom. The van der Waals surface area contributed by atoms with Gasteiger partial charge in [0.05, 0.1) is 16.6 Å². The molecule has 21 heavy (non-hydrogen) atoms. The summed E-state index contributed by atoms with van der Waals surface area (Å²) in [4.78, 5) is 18.4. The van der Waals surface area contributed by atoms with Gasteiger partial charge in [0.2, 0.25) is 5.91 Å². The van der Waals surface area contributed by atoms with Crippen LogP contribution in [-0.2, 0) is 4.79 Å². The number of carbonyl (C=O) groups excluding carboxylic acids is 1. The number of hydrogen-bond donors (Lipinski definition) is 2. The van der Waals surface area contributed by atoms with Crippen LogP contribution in [0.1, 0.15) is 6.92 Å². The van der Waals surface area contributed by atoms with Gasteiger partial charge in [-0.15, -0.1) is 0 Å². The Hall–Kier alpha value is -0.880. The number of anilines is 1. The fraction of sp³-hybridized carbons (Fsp3) is 0.571. The van der Waals surface area contributed by atoms with E-state index in [9.17, 15) is 4.79 Å². The lowest BCUT2D eigenvalue weighted by Gasteiger charge is -2.23. The first-order valence-corrected chi connectivity index (χ1v) is 7.86. The number of pyridine rings is 1. The topological polar surface area (TPSA) is 57.3 Å². The second-order valence-electron chi connectivity index (χ2n) is 5.78. The minimum atomic E-state index is -0.0912. The number of rotatable bonds is 3. The molecule has 2 fully saturated rings. The summed E-state index contributed by atoms with van der Waals surface area (Å²) in [5.41, 5.74) is 0. The Kier molecular flexibility index (Phi) is 4.36. The number of nitrogens with one attached hydrogen (secondary N) is 2. The van der Waals surface area contributed by atoms with Crippen LogP contribution in [0.5, 0.6) is 0 Å². The van der Waals surface area contributed by atoms with Crippen molar-refractivity contribution < 1.29 is 4.79 Å². The van der Waals surface area contributed by atoms with Crippen LogP contribution in [0.25, 0.3) is 0 Å². The van der Waals surface area contributed by atoms with Crippen molar-refractivity contribution in [1.29, 1.82) is 0 Å². The third-order valence-electron chi connectivity index (χ3n) is 4.47. The van der Waals surface area contributed by atoms with E-state index in [1.807, 2.05) is 0 Å². The Balaban J connectivity index is 1.59. The molecule has 114 valence electrons. The van der Waals surface area contributed by atoms with Crippen LogP contribution in [0.15, 0.2) is 12.3 Å². The van der Waals surface area contributed by atoms with E-state index in [4.69, 9.17) is 23.2 Å². The van der Waals surface area contributed by atoms with Gasteiger partial charge in [-0.25, -0.2) is 4.98 Å². The van der Waals surface area contributed by atoms with Crippen molar-refractivity contribution in [2.45, 2.75) is 13.0 Å². The first kappa shape index (κ1) is 15.0. The highest BCUT2D eigenvalue weighted by molar-refractivity contribution is 6.36. The average Bonchev–Trinajstić information content (AvgIpc) is 2.98. The maximum atomic E-state index is 12.2. The summed E-state index contributed by atoms with van der Waals surface area (Å²) in [5.74, 6) is 1.58. The van der Waals surface area contributed by atoms with Gasteiger partial charge < -0.3 is 10.6 Å². The highest BCUT2D eigenvalue weighted by Crippen LogP contribution is 2.32. The van der Waals surface area contributed by atoms with Gasteiger partial charge >= 0.3 is 0 Å². The molecular formula is C14H18Cl2N4O. The fourth-order valence-electron chi connectivity index (χ4n) is 3.33. The first-order valence-electron chi connectivity index (χ1n) is 7.10. The molecule has 0 bridgehead atoms. The summed E-state index contributed by atoms with van der Waals surface area (Å²) in [7, 11) is 0. The molecule has 2 aliphatic rings. The number of aromatic nitrogens is 1. The molecule has 0 aliphatic carbocycles. The smallest absolute Gasteiger partial charge is 0.239 e. The molecule has 2 aliphatic heterocycles. The molecule has 3 atom stereocenters. The summed E-state index contributed by atoms with van der Waals surface area (Å²) < 4.78 is 0. The number of nitrogens with zero attached hydrogens (tertiary/aromatic N) is 2. The fourth-order valence-corrected chi connectivity index (χ4v) is 3.75. The van der Waals surface area contributed by atoms with Crippen molar-refractivity contribution in [1.82, 2.24) is 15.2 Å². The average molecular weight is 329 g/mol. The summed E-state index contributed by atoms with van der Waals surface area (Å²) in [6.45, 7) is 5.63. The highest BCUT2D eigenvalue weighted by Gasteiger charge is 2.42. The quantitative estimate of drug-likeness (QED) is 0.889.